The minimum absolute atomic E-state index is 0.0168. The van der Waals surface area contributed by atoms with Crippen LogP contribution in [0.4, 0.5) is 0 Å². The molecule has 0 bridgehead atoms. The molecule has 1 fully saturated rings. The predicted octanol–water partition coefficient (Wildman–Crippen LogP) is 0.482. The zero-order chi connectivity index (χ0) is 13.1. The third-order valence-corrected chi connectivity index (χ3v) is 6.04. The average molecular weight is 276 g/mol. The molecule has 0 spiro atoms. The maximum atomic E-state index is 11.9. The molecule has 0 N–H and O–H groups in total. The molecule has 1 amide bonds. The molecule has 1 rings (SSSR count). The number of thioether (sulfide) groups is 1. The van der Waals surface area contributed by atoms with Crippen molar-refractivity contribution in [3.05, 3.63) is 0 Å². The highest BCUT2D eigenvalue weighted by Crippen LogP contribution is 2.23. The Balaban J connectivity index is 2.96. The molecule has 5 nitrogen and oxygen atoms in total. The van der Waals surface area contributed by atoms with Gasteiger partial charge in [-0.15, -0.1) is 0 Å². The van der Waals surface area contributed by atoms with Crippen LogP contribution in [0.15, 0.2) is 0 Å². The first-order valence-corrected chi connectivity index (χ1v) is 8.30. The lowest BCUT2D eigenvalue weighted by atomic mass is 10.2. The topological polar surface area (TPSA) is 78.2 Å². The number of rotatable bonds is 3. The van der Waals surface area contributed by atoms with Crippen LogP contribution in [0.25, 0.3) is 0 Å². The van der Waals surface area contributed by atoms with Crippen molar-refractivity contribution < 1.29 is 13.2 Å². The van der Waals surface area contributed by atoms with Crippen molar-refractivity contribution in [3.63, 3.8) is 0 Å². The molecule has 2 unspecified atom stereocenters. The first kappa shape index (κ1) is 14.3. The number of sulfone groups is 1. The molecule has 1 saturated heterocycles. The minimum Gasteiger partial charge on any atom is -0.323 e. The van der Waals surface area contributed by atoms with Crippen molar-refractivity contribution in [2.75, 3.05) is 23.8 Å². The van der Waals surface area contributed by atoms with E-state index in [-0.39, 0.29) is 11.7 Å². The summed E-state index contributed by atoms with van der Waals surface area (Å²) in [6.07, 6.45) is 0. The largest absolute Gasteiger partial charge is 0.323 e. The van der Waals surface area contributed by atoms with Crippen molar-refractivity contribution in [2.45, 2.75) is 19.2 Å². The van der Waals surface area contributed by atoms with Gasteiger partial charge in [0.25, 0.3) is 0 Å². The van der Waals surface area contributed by atoms with E-state index in [4.69, 9.17) is 5.26 Å². The van der Waals surface area contributed by atoms with E-state index in [9.17, 15) is 13.2 Å². The van der Waals surface area contributed by atoms with Crippen molar-refractivity contribution >= 4 is 27.5 Å². The van der Waals surface area contributed by atoms with Crippen LogP contribution in [0.3, 0.4) is 0 Å². The van der Waals surface area contributed by atoms with Crippen LogP contribution < -0.4 is 0 Å². The van der Waals surface area contributed by atoms with E-state index in [0.717, 1.165) is 5.75 Å². The Bertz CT molecular complexity index is 427. The van der Waals surface area contributed by atoms with Crippen molar-refractivity contribution in [2.24, 2.45) is 5.92 Å². The normalized spacial score (nSPS) is 22.9. The molecule has 2 atom stereocenters. The zero-order valence-electron chi connectivity index (χ0n) is 9.92. The van der Waals surface area contributed by atoms with Crippen LogP contribution in [-0.4, -0.2) is 48.4 Å². The summed E-state index contributed by atoms with van der Waals surface area (Å²) < 4.78 is 23.8. The number of amides is 1. The van der Waals surface area contributed by atoms with Crippen LogP contribution in [-0.2, 0) is 14.6 Å². The zero-order valence-corrected chi connectivity index (χ0v) is 11.6. The van der Waals surface area contributed by atoms with Gasteiger partial charge < -0.3 is 4.90 Å². The van der Waals surface area contributed by atoms with Gasteiger partial charge in [0.05, 0.1) is 6.07 Å². The fraction of sp³-hybridized carbons (Fsp3) is 0.800. The second-order valence-corrected chi connectivity index (χ2v) is 7.46. The molecular weight excluding hydrogens is 260 g/mol. The Labute approximate surface area is 106 Å². The van der Waals surface area contributed by atoms with Gasteiger partial charge in [-0.25, -0.2) is 8.42 Å². The Kier molecular flexibility index (Phi) is 4.83. The average Bonchev–Trinajstić information content (AvgIpc) is 2.36. The Morgan fingerprint density at radius 1 is 1.65 bits per heavy atom. The highest BCUT2D eigenvalue weighted by Gasteiger charge is 2.37. The molecule has 0 aromatic heterocycles. The first-order chi connectivity index (χ1) is 7.94. The molecule has 1 aliphatic rings. The number of carbonyl (C=O) groups excluding carboxylic acids is 1. The standard InChI is InChI=1S/C10H16N2O3S2/c1-3-17(14,15)9-7-16-5-4-12(9)10(13)8(2)6-11/h8-9H,3-5,7H2,1-2H3. The quantitative estimate of drug-likeness (QED) is 0.749. The second kappa shape index (κ2) is 5.74. The molecule has 1 heterocycles. The first-order valence-electron chi connectivity index (χ1n) is 5.43. The monoisotopic (exact) mass is 276 g/mol. The Morgan fingerprint density at radius 3 is 2.82 bits per heavy atom. The summed E-state index contributed by atoms with van der Waals surface area (Å²) in [5, 5.41) is 7.96. The van der Waals surface area contributed by atoms with Gasteiger partial charge in [0, 0.05) is 23.8 Å². The van der Waals surface area contributed by atoms with Crippen LogP contribution in [0.2, 0.25) is 0 Å². The third-order valence-electron chi connectivity index (χ3n) is 2.75. The molecular formula is C10H16N2O3S2. The van der Waals surface area contributed by atoms with E-state index in [1.54, 1.807) is 6.92 Å². The second-order valence-electron chi connectivity index (χ2n) is 3.86. The van der Waals surface area contributed by atoms with Gasteiger partial charge in [-0.2, -0.15) is 17.0 Å². The fourth-order valence-corrected chi connectivity index (χ4v) is 4.60. The van der Waals surface area contributed by atoms with E-state index in [0.29, 0.717) is 12.3 Å². The summed E-state index contributed by atoms with van der Waals surface area (Å²) >= 11 is 1.53. The number of carbonyl (C=O) groups is 1. The van der Waals surface area contributed by atoms with E-state index in [2.05, 4.69) is 0 Å². The summed E-state index contributed by atoms with van der Waals surface area (Å²) in [5.74, 6) is -0.0229. The van der Waals surface area contributed by atoms with E-state index < -0.39 is 21.1 Å². The highest BCUT2D eigenvalue weighted by molar-refractivity contribution is 8.01. The van der Waals surface area contributed by atoms with Gasteiger partial charge in [-0.1, -0.05) is 6.92 Å². The molecule has 0 aromatic carbocycles. The molecule has 0 aromatic rings. The molecule has 17 heavy (non-hydrogen) atoms. The molecule has 0 radical (unpaired) electrons. The number of hydrogen-bond donors (Lipinski definition) is 0. The van der Waals surface area contributed by atoms with Crippen LogP contribution in [0.5, 0.6) is 0 Å². The summed E-state index contributed by atoms with van der Waals surface area (Å²) in [7, 11) is -3.28. The summed E-state index contributed by atoms with van der Waals surface area (Å²) in [4.78, 5) is 13.3. The SMILES string of the molecule is CCS(=O)(=O)C1CSCCN1C(=O)C(C)C#N. The van der Waals surface area contributed by atoms with E-state index in [1.165, 1.54) is 23.6 Å². The van der Waals surface area contributed by atoms with Gasteiger partial charge >= 0.3 is 0 Å². The van der Waals surface area contributed by atoms with E-state index >= 15 is 0 Å². The maximum Gasteiger partial charge on any atom is 0.240 e. The van der Waals surface area contributed by atoms with Gasteiger partial charge in [0.2, 0.25) is 5.91 Å². The maximum absolute atomic E-state index is 11.9. The van der Waals surface area contributed by atoms with Gasteiger partial charge in [-0.05, 0) is 6.92 Å². The lowest BCUT2D eigenvalue weighted by Gasteiger charge is -2.35. The lowest BCUT2D eigenvalue weighted by molar-refractivity contribution is -0.133. The van der Waals surface area contributed by atoms with E-state index in [1.807, 2.05) is 6.07 Å². The van der Waals surface area contributed by atoms with Crippen molar-refractivity contribution in [1.29, 1.82) is 5.26 Å². The summed E-state index contributed by atoms with van der Waals surface area (Å²) in [6.45, 7) is 3.48. The van der Waals surface area contributed by atoms with Crippen LogP contribution in [0.1, 0.15) is 13.8 Å². The van der Waals surface area contributed by atoms with Crippen LogP contribution in [0, 0.1) is 17.2 Å². The molecule has 0 saturated carbocycles. The highest BCUT2D eigenvalue weighted by atomic mass is 32.2. The summed E-state index contributed by atoms with van der Waals surface area (Å²) in [6, 6.07) is 1.86. The van der Waals surface area contributed by atoms with Crippen LogP contribution >= 0.6 is 11.8 Å². The van der Waals surface area contributed by atoms with Gasteiger partial charge in [0.1, 0.15) is 11.3 Å². The van der Waals surface area contributed by atoms with Crippen molar-refractivity contribution in [1.82, 2.24) is 4.90 Å². The number of hydrogen-bond acceptors (Lipinski definition) is 5. The number of nitrogens with zero attached hydrogens (tertiary/aromatic N) is 2. The minimum atomic E-state index is -3.28. The van der Waals surface area contributed by atoms with Crippen molar-refractivity contribution in [3.8, 4) is 6.07 Å². The molecule has 1 aliphatic heterocycles. The third kappa shape index (κ3) is 3.13. The Hall–Kier alpha value is -0.740. The Morgan fingerprint density at radius 2 is 2.29 bits per heavy atom. The summed E-state index contributed by atoms with van der Waals surface area (Å²) in [5.41, 5.74) is 0. The number of nitriles is 1. The fourth-order valence-electron chi connectivity index (χ4n) is 1.63. The molecule has 96 valence electrons. The molecule has 0 aliphatic carbocycles. The lowest BCUT2D eigenvalue weighted by Crippen LogP contribution is -2.52. The smallest absolute Gasteiger partial charge is 0.240 e. The predicted molar refractivity (Wildman–Crippen MR) is 67.1 cm³/mol. The molecule has 7 heteroatoms. The van der Waals surface area contributed by atoms with Gasteiger partial charge in [0.15, 0.2) is 9.84 Å². The van der Waals surface area contributed by atoms with Gasteiger partial charge in [-0.3, -0.25) is 4.79 Å².